The Balaban J connectivity index is 1.68. The van der Waals surface area contributed by atoms with Gasteiger partial charge in [0.25, 0.3) is 0 Å². The molecule has 0 radical (unpaired) electrons. The number of benzene rings is 2. The van der Waals surface area contributed by atoms with E-state index in [1.165, 1.54) is 12.1 Å². The highest BCUT2D eigenvalue weighted by molar-refractivity contribution is 6.12. The van der Waals surface area contributed by atoms with Crippen LogP contribution in [0.4, 0.5) is 0 Å². The molecular weight excluding hydrogens is 496 g/mol. The second-order valence-electron chi connectivity index (χ2n) is 8.84. The van der Waals surface area contributed by atoms with Crippen LogP contribution in [0.15, 0.2) is 42.5 Å². The van der Waals surface area contributed by atoms with Crippen molar-refractivity contribution in [3.05, 3.63) is 53.6 Å². The largest absolute Gasteiger partial charge is 0.508 e. The van der Waals surface area contributed by atoms with Crippen molar-refractivity contribution in [2.24, 2.45) is 0 Å². The van der Waals surface area contributed by atoms with E-state index in [1.807, 2.05) is 0 Å². The molecule has 8 atom stereocenters. The van der Waals surface area contributed by atoms with Gasteiger partial charge in [0.2, 0.25) is 12.1 Å². The van der Waals surface area contributed by atoms with Gasteiger partial charge in [-0.05, 0) is 0 Å². The van der Waals surface area contributed by atoms with E-state index in [0.29, 0.717) is 0 Å². The third kappa shape index (κ3) is 5.27. The Hall–Kier alpha value is -2.85. The Labute approximate surface area is 210 Å². The number of aliphatic hydroxyl groups excluding tert-OH is 5. The van der Waals surface area contributed by atoms with Crippen LogP contribution in [0.25, 0.3) is 0 Å². The quantitative estimate of drug-likeness (QED) is 0.175. The smallest absolute Gasteiger partial charge is 0.229 e. The number of phenols is 2. The summed E-state index contributed by atoms with van der Waals surface area (Å²) in [6.07, 6.45) is -11.6. The summed E-state index contributed by atoms with van der Waals surface area (Å²) in [6.45, 7) is -2.12. The van der Waals surface area contributed by atoms with Crippen molar-refractivity contribution in [1.82, 2.24) is 0 Å². The van der Waals surface area contributed by atoms with E-state index in [-0.39, 0.29) is 16.9 Å². The van der Waals surface area contributed by atoms with Crippen molar-refractivity contribution in [1.29, 1.82) is 0 Å². The molecule has 37 heavy (non-hydrogen) atoms. The zero-order valence-electron chi connectivity index (χ0n) is 19.3. The highest BCUT2D eigenvalue weighted by atomic mass is 16.8. The molecule has 13 heteroatoms. The number of aromatic hydroxyl groups is 2. The van der Waals surface area contributed by atoms with Gasteiger partial charge in [0.1, 0.15) is 52.8 Å². The molecule has 4 rings (SSSR count). The highest BCUT2D eigenvalue weighted by Gasteiger charge is 2.53. The Bertz CT molecular complexity index is 1100. The first-order valence-corrected chi connectivity index (χ1v) is 11.3. The van der Waals surface area contributed by atoms with Gasteiger partial charge in [-0.25, -0.2) is 0 Å². The lowest BCUT2D eigenvalue weighted by molar-refractivity contribution is -0.319. The van der Waals surface area contributed by atoms with Gasteiger partial charge in [-0.2, -0.15) is 0 Å². The van der Waals surface area contributed by atoms with Crippen LogP contribution in [-0.4, -0.2) is 115 Å². The van der Waals surface area contributed by atoms with Crippen molar-refractivity contribution in [2.45, 2.75) is 48.7 Å². The summed E-state index contributed by atoms with van der Waals surface area (Å²) < 4.78 is 22.1. The number of aliphatic hydroxyl groups is 6. The van der Waals surface area contributed by atoms with Crippen molar-refractivity contribution in [3.63, 3.8) is 0 Å². The van der Waals surface area contributed by atoms with Gasteiger partial charge in [0.05, 0.1) is 19.8 Å². The maximum Gasteiger partial charge on any atom is 0.229 e. The minimum atomic E-state index is -2.06. The number of ether oxygens (including phenoxy) is 4. The van der Waals surface area contributed by atoms with Crippen molar-refractivity contribution in [2.75, 3.05) is 19.8 Å². The topological polar surface area (TPSA) is 216 Å². The highest BCUT2D eigenvalue weighted by Crippen LogP contribution is 2.38. The third-order valence-corrected chi connectivity index (χ3v) is 6.27. The summed E-state index contributed by atoms with van der Waals surface area (Å²) in [4.78, 5) is 13.2. The Morgan fingerprint density at radius 1 is 1.03 bits per heavy atom. The Morgan fingerprint density at radius 2 is 1.73 bits per heavy atom. The number of rotatable bonds is 8. The summed E-state index contributed by atoms with van der Waals surface area (Å²) in [5.74, 6) is -2.17. The Kier molecular flexibility index (Phi) is 7.99. The molecule has 0 spiro atoms. The van der Waals surface area contributed by atoms with Crippen LogP contribution in [0.2, 0.25) is 0 Å². The fraction of sp³-hybridized carbons (Fsp3) is 0.458. The first-order valence-electron chi connectivity index (χ1n) is 11.3. The average molecular weight is 524 g/mol. The van der Waals surface area contributed by atoms with Gasteiger partial charge in [-0.1, -0.05) is 30.3 Å². The van der Waals surface area contributed by atoms with Crippen LogP contribution in [0.3, 0.4) is 0 Å². The second kappa shape index (κ2) is 10.9. The number of hydrogen-bond acceptors (Lipinski definition) is 13. The maximum absolute atomic E-state index is 13.2. The lowest BCUT2D eigenvalue weighted by Crippen LogP contribution is -2.62. The number of hydrogen-bond donors (Lipinski definition) is 8. The molecular formula is C24H28O13. The minimum Gasteiger partial charge on any atom is -0.508 e. The van der Waals surface area contributed by atoms with E-state index in [2.05, 4.69) is 0 Å². The van der Waals surface area contributed by atoms with Gasteiger partial charge in [-0.15, -0.1) is 0 Å². The molecule has 8 N–H and O–H groups in total. The molecule has 13 nitrogen and oxygen atoms in total. The molecule has 2 aromatic rings. The summed E-state index contributed by atoms with van der Waals surface area (Å²) in [5, 5.41) is 81.2. The molecule has 2 saturated heterocycles. The number of carbonyl (C=O) groups is 1. The summed E-state index contributed by atoms with van der Waals surface area (Å²) >= 11 is 0. The number of phenolic OH excluding ortho intramolecular Hbond substituents is 2. The fourth-order valence-corrected chi connectivity index (χ4v) is 4.13. The predicted octanol–water partition coefficient (Wildman–Crippen LogP) is -2.03. The molecule has 2 heterocycles. The lowest BCUT2D eigenvalue weighted by Gasteiger charge is -2.42. The van der Waals surface area contributed by atoms with Gasteiger partial charge < -0.3 is 59.8 Å². The summed E-state index contributed by atoms with van der Waals surface area (Å²) in [7, 11) is 0. The van der Waals surface area contributed by atoms with Crippen LogP contribution in [0.5, 0.6) is 17.2 Å². The molecule has 2 aliphatic heterocycles. The minimum absolute atomic E-state index is 0.181. The van der Waals surface area contributed by atoms with E-state index in [4.69, 9.17) is 18.9 Å². The van der Waals surface area contributed by atoms with Crippen molar-refractivity contribution in [3.8, 4) is 17.2 Å². The standard InChI is InChI=1S/C24H28O13/c25-8-15-18(30)19(31)20(37-23-21(32)24(33,9-26)10-34-23)22(36-15)35-14-7-12(27)6-13(28)16(14)17(29)11-4-2-1-3-5-11/h1-7,15,18-23,25-28,30-33H,8-10H2. The van der Waals surface area contributed by atoms with Crippen molar-refractivity contribution < 1.29 is 64.6 Å². The first-order chi connectivity index (χ1) is 17.6. The normalized spacial score (nSPS) is 33.8. The molecule has 8 unspecified atom stereocenters. The average Bonchev–Trinajstić information content (AvgIpc) is 3.17. The zero-order valence-corrected chi connectivity index (χ0v) is 19.3. The van der Waals surface area contributed by atoms with Gasteiger partial charge in [-0.3, -0.25) is 4.79 Å². The molecule has 2 aromatic carbocycles. The maximum atomic E-state index is 13.2. The SMILES string of the molecule is O=C(c1ccccc1)c1c(O)cc(O)cc1OC1OC(CO)C(O)C(O)C1OC1OCC(O)(CO)C1O. The zero-order chi connectivity index (χ0) is 26.9. The van der Waals surface area contributed by atoms with Gasteiger partial charge in [0, 0.05) is 17.7 Å². The third-order valence-electron chi connectivity index (χ3n) is 6.27. The number of ketones is 1. The Morgan fingerprint density at radius 3 is 2.35 bits per heavy atom. The first kappa shape index (κ1) is 27.2. The molecule has 0 bridgehead atoms. The van der Waals surface area contributed by atoms with E-state index >= 15 is 0 Å². The molecule has 0 aliphatic carbocycles. The van der Waals surface area contributed by atoms with Crippen LogP contribution in [-0.2, 0) is 14.2 Å². The molecule has 0 saturated carbocycles. The molecule has 2 aliphatic rings. The fourth-order valence-electron chi connectivity index (χ4n) is 4.13. The summed E-state index contributed by atoms with van der Waals surface area (Å²) in [5.41, 5.74) is -2.24. The van der Waals surface area contributed by atoms with Crippen molar-refractivity contribution >= 4 is 5.78 Å². The second-order valence-corrected chi connectivity index (χ2v) is 8.84. The number of carbonyl (C=O) groups excluding carboxylic acids is 1. The van der Waals surface area contributed by atoms with Gasteiger partial charge in [0.15, 0.2) is 12.4 Å². The van der Waals surface area contributed by atoms with E-state index in [1.54, 1.807) is 18.2 Å². The predicted molar refractivity (Wildman–Crippen MR) is 121 cm³/mol. The van der Waals surface area contributed by atoms with Crippen LogP contribution in [0, 0.1) is 0 Å². The van der Waals surface area contributed by atoms with E-state index in [9.17, 15) is 45.6 Å². The van der Waals surface area contributed by atoms with Crippen LogP contribution < -0.4 is 4.74 Å². The molecule has 0 amide bonds. The summed E-state index contributed by atoms with van der Waals surface area (Å²) in [6, 6.07) is 9.79. The van der Waals surface area contributed by atoms with Gasteiger partial charge >= 0.3 is 0 Å². The monoisotopic (exact) mass is 524 g/mol. The van der Waals surface area contributed by atoms with E-state index in [0.717, 1.165) is 12.1 Å². The van der Waals surface area contributed by atoms with Crippen LogP contribution in [0.1, 0.15) is 15.9 Å². The molecule has 202 valence electrons. The van der Waals surface area contributed by atoms with E-state index < -0.39 is 85.8 Å². The molecule has 0 aromatic heterocycles. The lowest BCUT2D eigenvalue weighted by atomic mass is 9.98. The molecule has 2 fully saturated rings. The van der Waals surface area contributed by atoms with Crippen LogP contribution >= 0.6 is 0 Å².